The molecule has 0 fully saturated rings. The second kappa shape index (κ2) is 5.87. The van der Waals surface area contributed by atoms with Gasteiger partial charge in [-0.1, -0.05) is 6.07 Å². The van der Waals surface area contributed by atoms with Crippen LogP contribution in [-0.4, -0.2) is 16.7 Å². The molecule has 1 aromatic carbocycles. The summed E-state index contributed by atoms with van der Waals surface area (Å²) in [5, 5.41) is 10.6. The van der Waals surface area contributed by atoms with Gasteiger partial charge < -0.3 is 4.42 Å². The van der Waals surface area contributed by atoms with Crippen LogP contribution in [0.4, 0.5) is 5.69 Å². The number of benzene rings is 1. The zero-order valence-electron chi connectivity index (χ0n) is 11.0. The van der Waals surface area contributed by atoms with Crippen molar-refractivity contribution < 1.29 is 18.9 Å². The third-order valence-corrected chi connectivity index (χ3v) is 2.71. The van der Waals surface area contributed by atoms with Crippen LogP contribution in [0.1, 0.15) is 26.5 Å². The number of hydrazine groups is 1. The summed E-state index contributed by atoms with van der Waals surface area (Å²) >= 11 is 0. The molecule has 0 aliphatic rings. The van der Waals surface area contributed by atoms with Crippen molar-refractivity contribution in [1.82, 2.24) is 10.9 Å². The Labute approximate surface area is 118 Å². The predicted octanol–water partition coefficient (Wildman–Crippen LogP) is 1.57. The number of nitrogens with zero attached hydrogens (tertiary/aromatic N) is 1. The molecule has 2 aromatic rings. The van der Waals surface area contributed by atoms with Gasteiger partial charge in [-0.3, -0.25) is 30.6 Å². The van der Waals surface area contributed by atoms with E-state index >= 15 is 0 Å². The first-order chi connectivity index (χ1) is 9.99. The Balaban J connectivity index is 2.02. The molecule has 0 unspecified atom stereocenters. The third-order valence-electron chi connectivity index (χ3n) is 2.71. The lowest BCUT2D eigenvalue weighted by Crippen LogP contribution is -2.41. The standard InChI is InChI=1S/C13H11N3O5/c1-8-11(5-6-21-8)13(18)15-14-12(17)9-3-2-4-10(7-9)16(19)20/h2-7H,1H3,(H,14,17)(H,15,18). The average molecular weight is 289 g/mol. The van der Waals surface area contributed by atoms with Gasteiger partial charge in [0.1, 0.15) is 5.76 Å². The van der Waals surface area contributed by atoms with E-state index in [1.807, 2.05) is 0 Å². The summed E-state index contributed by atoms with van der Waals surface area (Å²) in [6, 6.07) is 6.63. The Hall–Kier alpha value is -3.16. The monoisotopic (exact) mass is 289 g/mol. The summed E-state index contributed by atoms with van der Waals surface area (Å²) in [5.41, 5.74) is 4.52. The Morgan fingerprint density at radius 1 is 1.19 bits per heavy atom. The number of rotatable bonds is 3. The second-order valence-corrected chi connectivity index (χ2v) is 4.11. The van der Waals surface area contributed by atoms with E-state index in [1.165, 1.54) is 30.5 Å². The fourth-order valence-electron chi connectivity index (χ4n) is 1.63. The van der Waals surface area contributed by atoms with Gasteiger partial charge in [0.25, 0.3) is 17.5 Å². The van der Waals surface area contributed by atoms with E-state index in [4.69, 9.17) is 4.42 Å². The van der Waals surface area contributed by atoms with Crippen molar-refractivity contribution in [3.05, 3.63) is 63.6 Å². The molecule has 0 saturated carbocycles. The molecule has 21 heavy (non-hydrogen) atoms. The molecule has 8 heteroatoms. The minimum absolute atomic E-state index is 0.0633. The molecule has 0 aliphatic heterocycles. The lowest BCUT2D eigenvalue weighted by atomic mass is 10.2. The van der Waals surface area contributed by atoms with Gasteiger partial charge in [-0.15, -0.1) is 0 Å². The van der Waals surface area contributed by atoms with Crippen molar-refractivity contribution in [3.63, 3.8) is 0 Å². The molecule has 8 nitrogen and oxygen atoms in total. The highest BCUT2D eigenvalue weighted by molar-refractivity contribution is 5.99. The quantitative estimate of drug-likeness (QED) is 0.657. The predicted molar refractivity (Wildman–Crippen MR) is 71.5 cm³/mol. The van der Waals surface area contributed by atoms with E-state index in [0.29, 0.717) is 5.76 Å². The number of aryl methyl sites for hydroxylation is 1. The number of non-ortho nitro benzene ring substituents is 1. The van der Waals surface area contributed by atoms with Crippen LogP contribution in [0.25, 0.3) is 0 Å². The second-order valence-electron chi connectivity index (χ2n) is 4.11. The van der Waals surface area contributed by atoms with Crippen molar-refractivity contribution in [3.8, 4) is 0 Å². The Morgan fingerprint density at radius 2 is 1.90 bits per heavy atom. The molecule has 1 heterocycles. The first-order valence-electron chi connectivity index (χ1n) is 5.88. The van der Waals surface area contributed by atoms with Crippen LogP contribution in [0.2, 0.25) is 0 Å². The molecule has 2 N–H and O–H groups in total. The Bertz CT molecular complexity index is 707. The number of amides is 2. The third kappa shape index (κ3) is 3.24. The topological polar surface area (TPSA) is 114 Å². The number of hydrogen-bond donors (Lipinski definition) is 2. The zero-order chi connectivity index (χ0) is 15.4. The molecular weight excluding hydrogens is 278 g/mol. The van der Waals surface area contributed by atoms with Crippen molar-refractivity contribution in [2.75, 3.05) is 0 Å². The van der Waals surface area contributed by atoms with E-state index in [0.717, 1.165) is 6.07 Å². The lowest BCUT2D eigenvalue weighted by Gasteiger charge is -2.06. The normalized spacial score (nSPS) is 9.95. The van der Waals surface area contributed by atoms with E-state index < -0.39 is 16.7 Å². The summed E-state index contributed by atoms with van der Waals surface area (Å²) in [6.07, 6.45) is 1.35. The Morgan fingerprint density at radius 3 is 2.52 bits per heavy atom. The SMILES string of the molecule is Cc1occc1C(=O)NNC(=O)c1cccc([N+](=O)[O-])c1. The number of nitro benzene ring substituents is 1. The highest BCUT2D eigenvalue weighted by Gasteiger charge is 2.14. The van der Waals surface area contributed by atoms with Crippen LogP contribution >= 0.6 is 0 Å². The molecule has 1 aromatic heterocycles. The molecule has 0 atom stereocenters. The number of furan rings is 1. The molecule has 0 radical (unpaired) electrons. The van der Waals surface area contributed by atoms with Gasteiger partial charge in [0.15, 0.2) is 0 Å². The minimum atomic E-state index is -0.659. The highest BCUT2D eigenvalue weighted by Crippen LogP contribution is 2.13. The fourth-order valence-corrected chi connectivity index (χ4v) is 1.63. The maximum Gasteiger partial charge on any atom is 0.273 e. The molecule has 2 amide bonds. The van der Waals surface area contributed by atoms with Crippen LogP contribution in [-0.2, 0) is 0 Å². The molecule has 0 bridgehead atoms. The van der Waals surface area contributed by atoms with E-state index in [2.05, 4.69) is 10.9 Å². The van der Waals surface area contributed by atoms with E-state index in [-0.39, 0.29) is 16.8 Å². The number of hydrogen-bond acceptors (Lipinski definition) is 5. The summed E-state index contributed by atoms with van der Waals surface area (Å²) in [4.78, 5) is 33.6. The Kier molecular flexibility index (Phi) is 3.98. The van der Waals surface area contributed by atoms with Gasteiger partial charge in [0.2, 0.25) is 0 Å². The maximum absolute atomic E-state index is 11.8. The molecule has 0 aliphatic carbocycles. The minimum Gasteiger partial charge on any atom is -0.469 e. The maximum atomic E-state index is 11.8. The van der Waals surface area contributed by atoms with Crippen LogP contribution in [0.5, 0.6) is 0 Å². The summed E-state index contributed by atoms with van der Waals surface area (Å²) in [5.74, 6) is -0.787. The van der Waals surface area contributed by atoms with Crippen molar-refractivity contribution in [1.29, 1.82) is 0 Å². The first-order valence-corrected chi connectivity index (χ1v) is 5.88. The molecule has 0 saturated heterocycles. The molecular formula is C13H11N3O5. The summed E-state index contributed by atoms with van der Waals surface area (Å²) < 4.78 is 4.97. The van der Waals surface area contributed by atoms with Gasteiger partial charge in [0.05, 0.1) is 16.7 Å². The van der Waals surface area contributed by atoms with Crippen molar-refractivity contribution in [2.24, 2.45) is 0 Å². The number of carbonyl (C=O) groups is 2. The molecule has 2 rings (SSSR count). The lowest BCUT2D eigenvalue weighted by molar-refractivity contribution is -0.384. The number of carbonyl (C=O) groups excluding carboxylic acids is 2. The zero-order valence-corrected chi connectivity index (χ0v) is 11.0. The van der Waals surface area contributed by atoms with Crippen LogP contribution in [0, 0.1) is 17.0 Å². The van der Waals surface area contributed by atoms with Gasteiger partial charge in [0, 0.05) is 17.7 Å². The van der Waals surface area contributed by atoms with Crippen LogP contribution in [0.15, 0.2) is 41.0 Å². The number of nitro groups is 1. The fraction of sp³-hybridized carbons (Fsp3) is 0.0769. The van der Waals surface area contributed by atoms with Crippen molar-refractivity contribution >= 4 is 17.5 Å². The number of nitrogens with one attached hydrogen (secondary N) is 2. The van der Waals surface area contributed by atoms with E-state index in [1.54, 1.807) is 6.92 Å². The van der Waals surface area contributed by atoms with Gasteiger partial charge in [-0.2, -0.15) is 0 Å². The largest absolute Gasteiger partial charge is 0.469 e. The van der Waals surface area contributed by atoms with Crippen molar-refractivity contribution in [2.45, 2.75) is 6.92 Å². The average Bonchev–Trinajstić information content (AvgIpc) is 2.90. The smallest absolute Gasteiger partial charge is 0.273 e. The van der Waals surface area contributed by atoms with Gasteiger partial charge in [-0.25, -0.2) is 0 Å². The first kappa shape index (κ1) is 14.3. The van der Waals surface area contributed by atoms with Gasteiger partial charge in [-0.05, 0) is 19.1 Å². The molecule has 108 valence electrons. The van der Waals surface area contributed by atoms with E-state index in [9.17, 15) is 19.7 Å². The summed E-state index contributed by atoms with van der Waals surface area (Å²) in [6.45, 7) is 1.61. The molecule has 0 spiro atoms. The van der Waals surface area contributed by atoms with Crippen LogP contribution < -0.4 is 10.9 Å². The van der Waals surface area contributed by atoms with Crippen LogP contribution in [0.3, 0.4) is 0 Å². The highest BCUT2D eigenvalue weighted by atomic mass is 16.6. The van der Waals surface area contributed by atoms with Gasteiger partial charge >= 0.3 is 0 Å². The summed E-state index contributed by atoms with van der Waals surface area (Å²) in [7, 11) is 0.